The topological polar surface area (TPSA) is 84.6 Å². The zero-order valence-corrected chi connectivity index (χ0v) is 11.4. The monoisotopic (exact) mass is 256 g/mol. The Morgan fingerprint density at radius 2 is 2.28 bits per heavy atom. The van der Waals surface area contributed by atoms with Crippen molar-refractivity contribution in [2.24, 2.45) is 17.1 Å². The van der Waals surface area contributed by atoms with E-state index in [0.717, 1.165) is 6.42 Å². The van der Waals surface area contributed by atoms with Gasteiger partial charge in [0, 0.05) is 17.9 Å². The highest BCUT2D eigenvalue weighted by Gasteiger charge is 2.71. The summed E-state index contributed by atoms with van der Waals surface area (Å²) in [5.41, 5.74) is 5.16. The lowest BCUT2D eigenvalue weighted by molar-refractivity contribution is -0.176. The summed E-state index contributed by atoms with van der Waals surface area (Å²) in [6.45, 7) is 6.53. The first-order chi connectivity index (χ1) is 8.39. The second kappa shape index (κ2) is 4.47. The summed E-state index contributed by atoms with van der Waals surface area (Å²) in [5, 5.41) is 12.0. The minimum Gasteiger partial charge on any atom is -0.394 e. The molecule has 2 rings (SSSR count). The predicted molar refractivity (Wildman–Crippen MR) is 67.9 cm³/mol. The number of fused-ring (bicyclic) bond motifs is 1. The standard InChI is InChI=1S/C13H24N2O3/c1-4-8(7-16)15-11(17)13(14)9-5-6-18-10(9)12(13,2)3/h8-10,16H,4-7,14H2,1-3H3,(H,15,17). The van der Waals surface area contributed by atoms with Crippen LogP contribution in [0.1, 0.15) is 33.6 Å². The highest BCUT2D eigenvalue weighted by molar-refractivity contribution is 5.89. The number of amides is 1. The van der Waals surface area contributed by atoms with Gasteiger partial charge in [-0.25, -0.2) is 0 Å². The zero-order chi connectivity index (χ0) is 13.6. The maximum atomic E-state index is 12.4. The number of rotatable bonds is 4. The van der Waals surface area contributed by atoms with Crippen molar-refractivity contribution in [3.05, 3.63) is 0 Å². The Balaban J connectivity index is 2.13. The fourth-order valence-corrected chi connectivity index (χ4v) is 3.43. The van der Waals surface area contributed by atoms with Gasteiger partial charge in [0.15, 0.2) is 0 Å². The lowest BCUT2D eigenvalue weighted by Crippen LogP contribution is -2.80. The average molecular weight is 256 g/mol. The predicted octanol–water partition coefficient (Wildman–Crippen LogP) is 0.0159. The molecule has 5 heteroatoms. The van der Waals surface area contributed by atoms with Gasteiger partial charge in [-0.15, -0.1) is 0 Å². The van der Waals surface area contributed by atoms with Gasteiger partial charge in [-0.1, -0.05) is 20.8 Å². The molecule has 1 aliphatic heterocycles. The van der Waals surface area contributed by atoms with Crippen LogP contribution in [0.4, 0.5) is 0 Å². The molecule has 0 aromatic carbocycles. The molecule has 4 unspecified atom stereocenters. The lowest BCUT2D eigenvalue weighted by atomic mass is 9.48. The van der Waals surface area contributed by atoms with Crippen LogP contribution < -0.4 is 11.1 Å². The second-order valence-electron chi connectivity index (χ2n) is 6.04. The Hall–Kier alpha value is -0.650. The van der Waals surface area contributed by atoms with Gasteiger partial charge >= 0.3 is 0 Å². The largest absolute Gasteiger partial charge is 0.394 e. The molecule has 5 nitrogen and oxygen atoms in total. The number of hydrogen-bond acceptors (Lipinski definition) is 4. The first-order valence-corrected chi connectivity index (χ1v) is 6.71. The summed E-state index contributed by atoms with van der Waals surface area (Å²) in [7, 11) is 0. The Morgan fingerprint density at radius 1 is 1.61 bits per heavy atom. The molecule has 1 saturated carbocycles. The molecule has 0 radical (unpaired) electrons. The Labute approximate surface area is 108 Å². The van der Waals surface area contributed by atoms with Crippen LogP contribution in [0.25, 0.3) is 0 Å². The SMILES string of the molecule is CCC(CO)NC(=O)C1(N)C2CCOC2C1(C)C. The van der Waals surface area contributed by atoms with E-state index >= 15 is 0 Å². The average Bonchev–Trinajstić information content (AvgIpc) is 2.82. The van der Waals surface area contributed by atoms with Crippen molar-refractivity contribution in [3.63, 3.8) is 0 Å². The molecular formula is C13H24N2O3. The van der Waals surface area contributed by atoms with Gasteiger partial charge < -0.3 is 20.9 Å². The van der Waals surface area contributed by atoms with Gasteiger partial charge in [0.05, 0.1) is 18.8 Å². The first kappa shape index (κ1) is 13.8. The molecule has 18 heavy (non-hydrogen) atoms. The zero-order valence-electron chi connectivity index (χ0n) is 11.4. The van der Waals surface area contributed by atoms with E-state index in [-0.39, 0.29) is 36.0 Å². The van der Waals surface area contributed by atoms with Crippen molar-refractivity contribution in [1.29, 1.82) is 0 Å². The number of hydrogen-bond donors (Lipinski definition) is 3. The summed E-state index contributed by atoms with van der Waals surface area (Å²) >= 11 is 0. The van der Waals surface area contributed by atoms with Crippen molar-refractivity contribution in [1.82, 2.24) is 5.32 Å². The number of nitrogens with one attached hydrogen (secondary N) is 1. The summed E-state index contributed by atoms with van der Waals surface area (Å²) in [4.78, 5) is 12.4. The molecule has 0 aromatic rings. The lowest BCUT2D eigenvalue weighted by Gasteiger charge is -2.60. The summed E-state index contributed by atoms with van der Waals surface area (Å²) in [6, 6.07) is -0.213. The molecule has 4 atom stereocenters. The highest BCUT2D eigenvalue weighted by Crippen LogP contribution is 2.58. The van der Waals surface area contributed by atoms with Gasteiger partial charge in [-0.3, -0.25) is 4.79 Å². The van der Waals surface area contributed by atoms with Gasteiger partial charge in [-0.2, -0.15) is 0 Å². The third-order valence-electron chi connectivity index (χ3n) is 4.88. The summed E-state index contributed by atoms with van der Waals surface area (Å²) in [6.07, 6.45) is 1.62. The van der Waals surface area contributed by atoms with Gasteiger partial charge in [0.25, 0.3) is 0 Å². The van der Waals surface area contributed by atoms with Gasteiger partial charge in [0.2, 0.25) is 5.91 Å². The Morgan fingerprint density at radius 3 is 2.83 bits per heavy atom. The van der Waals surface area contributed by atoms with Crippen LogP contribution in [0, 0.1) is 11.3 Å². The number of carbonyl (C=O) groups is 1. The van der Waals surface area contributed by atoms with E-state index in [1.165, 1.54) is 0 Å². The van der Waals surface area contributed by atoms with Crippen molar-refractivity contribution in [3.8, 4) is 0 Å². The number of ether oxygens (including phenoxy) is 1. The number of carbonyl (C=O) groups excluding carboxylic acids is 1. The number of nitrogens with two attached hydrogens (primary N) is 1. The molecule has 0 spiro atoms. The molecule has 4 N–H and O–H groups in total. The summed E-state index contributed by atoms with van der Waals surface area (Å²) in [5.74, 6) is -0.0520. The molecule has 104 valence electrons. The molecule has 1 amide bonds. The molecule has 2 aliphatic rings. The van der Waals surface area contributed by atoms with Crippen LogP contribution in [0.3, 0.4) is 0 Å². The highest BCUT2D eigenvalue weighted by atomic mass is 16.5. The molecule has 1 saturated heterocycles. The van der Waals surface area contributed by atoms with Crippen LogP contribution >= 0.6 is 0 Å². The van der Waals surface area contributed by atoms with Crippen LogP contribution in [0.15, 0.2) is 0 Å². The minimum absolute atomic E-state index is 0.0522. The van der Waals surface area contributed by atoms with Crippen molar-refractivity contribution < 1.29 is 14.6 Å². The van der Waals surface area contributed by atoms with E-state index < -0.39 is 5.54 Å². The van der Waals surface area contributed by atoms with E-state index in [4.69, 9.17) is 15.6 Å². The van der Waals surface area contributed by atoms with Gasteiger partial charge in [0.1, 0.15) is 5.54 Å². The fraction of sp³-hybridized carbons (Fsp3) is 0.923. The Bertz CT molecular complexity index is 341. The molecule has 1 heterocycles. The maximum Gasteiger partial charge on any atom is 0.241 e. The number of aliphatic hydroxyl groups is 1. The third-order valence-corrected chi connectivity index (χ3v) is 4.88. The van der Waals surface area contributed by atoms with Crippen molar-refractivity contribution in [2.45, 2.75) is 51.3 Å². The maximum absolute atomic E-state index is 12.4. The van der Waals surface area contributed by atoms with E-state index in [1.54, 1.807) is 0 Å². The Kier molecular flexibility index (Phi) is 3.42. The van der Waals surface area contributed by atoms with E-state index in [1.807, 2.05) is 20.8 Å². The smallest absolute Gasteiger partial charge is 0.241 e. The quantitative estimate of drug-likeness (QED) is 0.662. The third kappa shape index (κ3) is 1.61. The van der Waals surface area contributed by atoms with Crippen molar-refractivity contribution >= 4 is 5.91 Å². The minimum atomic E-state index is -0.878. The van der Waals surface area contributed by atoms with E-state index in [9.17, 15) is 4.79 Å². The first-order valence-electron chi connectivity index (χ1n) is 6.71. The summed E-state index contributed by atoms with van der Waals surface area (Å²) < 4.78 is 5.66. The molecule has 1 aliphatic carbocycles. The number of aliphatic hydroxyl groups excluding tert-OH is 1. The second-order valence-corrected chi connectivity index (χ2v) is 6.04. The van der Waals surface area contributed by atoms with E-state index in [0.29, 0.717) is 13.0 Å². The fourth-order valence-electron chi connectivity index (χ4n) is 3.43. The molecular weight excluding hydrogens is 232 g/mol. The van der Waals surface area contributed by atoms with Crippen LogP contribution in [-0.2, 0) is 9.53 Å². The van der Waals surface area contributed by atoms with Crippen molar-refractivity contribution in [2.75, 3.05) is 13.2 Å². The van der Waals surface area contributed by atoms with Gasteiger partial charge in [-0.05, 0) is 12.8 Å². The normalized spacial score (nSPS) is 38.7. The van der Waals surface area contributed by atoms with Crippen LogP contribution in [-0.4, -0.2) is 41.9 Å². The molecule has 0 aromatic heterocycles. The van der Waals surface area contributed by atoms with E-state index in [2.05, 4.69) is 5.32 Å². The van der Waals surface area contributed by atoms with Crippen LogP contribution in [0.2, 0.25) is 0 Å². The molecule has 0 bridgehead atoms. The molecule has 2 fully saturated rings. The van der Waals surface area contributed by atoms with Crippen LogP contribution in [0.5, 0.6) is 0 Å².